The summed E-state index contributed by atoms with van der Waals surface area (Å²) in [5, 5.41) is 5.95. The van der Waals surface area contributed by atoms with Crippen molar-refractivity contribution >= 4 is 46.4 Å². The highest BCUT2D eigenvalue weighted by molar-refractivity contribution is 6.34. The fourth-order valence-electron chi connectivity index (χ4n) is 4.89. The van der Waals surface area contributed by atoms with Gasteiger partial charge < -0.3 is 29.6 Å². The molecule has 5 rings (SSSR count). The standard InChI is InChI=1S/C25H26ClN5O6/c1-36-22(32)19(11-14-10-17(26)21-20(12-14)37-25(35)29-21)28-23(33)30-8-6-16(7-9-30)31-13-15-4-2-3-5-18(15)27-24(31)34/h2-5,10,12,16,19H,6-9,11,13H2,1H3,(H,27,34)(H,28,33)(H,29,35). The molecule has 1 unspecified atom stereocenters. The average molecular weight is 528 g/mol. The number of nitrogens with zero attached hydrogens (tertiary/aromatic N) is 2. The summed E-state index contributed by atoms with van der Waals surface area (Å²) in [4.78, 5) is 55.6. The third kappa shape index (κ3) is 5.12. The molecule has 3 N–H and O–H groups in total. The minimum Gasteiger partial charge on any atom is -0.467 e. The number of hydrogen-bond acceptors (Lipinski definition) is 6. The summed E-state index contributed by atoms with van der Waals surface area (Å²) in [6.07, 6.45) is 1.32. The molecule has 1 aromatic heterocycles. The molecule has 0 radical (unpaired) electrons. The summed E-state index contributed by atoms with van der Waals surface area (Å²) in [5.41, 5.74) is 3.09. The van der Waals surface area contributed by atoms with Gasteiger partial charge in [-0.1, -0.05) is 29.8 Å². The lowest BCUT2D eigenvalue weighted by atomic mass is 10.0. The molecule has 3 heterocycles. The van der Waals surface area contributed by atoms with Crippen molar-refractivity contribution in [1.82, 2.24) is 20.1 Å². The van der Waals surface area contributed by atoms with Gasteiger partial charge in [0.2, 0.25) is 0 Å². The number of carbonyl (C=O) groups is 3. The van der Waals surface area contributed by atoms with Crippen LogP contribution in [0.4, 0.5) is 15.3 Å². The number of nitrogens with one attached hydrogen (secondary N) is 3. The molecule has 2 aromatic carbocycles. The zero-order valence-electron chi connectivity index (χ0n) is 20.1. The van der Waals surface area contributed by atoms with E-state index in [4.69, 9.17) is 20.8 Å². The molecular weight excluding hydrogens is 502 g/mol. The minimum atomic E-state index is -0.973. The number of anilines is 1. The number of benzene rings is 2. The number of amides is 4. The number of piperidine rings is 1. The second-order valence-corrected chi connectivity index (χ2v) is 9.54. The number of esters is 1. The van der Waals surface area contributed by atoms with Gasteiger partial charge in [0.15, 0.2) is 5.58 Å². The van der Waals surface area contributed by atoms with Crippen molar-refractivity contribution in [2.45, 2.75) is 37.9 Å². The molecule has 0 saturated carbocycles. The summed E-state index contributed by atoms with van der Waals surface area (Å²) in [7, 11) is 1.25. The second kappa shape index (κ2) is 10.2. The monoisotopic (exact) mass is 527 g/mol. The third-order valence-corrected chi connectivity index (χ3v) is 7.12. The van der Waals surface area contributed by atoms with Crippen LogP contribution in [0.15, 0.2) is 45.6 Å². The Hall–Kier alpha value is -3.99. The van der Waals surface area contributed by atoms with Crippen LogP contribution < -0.4 is 16.4 Å². The van der Waals surface area contributed by atoms with E-state index in [1.807, 2.05) is 29.2 Å². The first-order valence-electron chi connectivity index (χ1n) is 11.9. The Balaban J connectivity index is 1.22. The molecule has 0 aliphatic carbocycles. The predicted octanol–water partition coefficient (Wildman–Crippen LogP) is 3.08. The Morgan fingerprint density at radius 3 is 2.73 bits per heavy atom. The molecular formula is C25H26ClN5O6. The number of methoxy groups -OCH3 is 1. The largest absolute Gasteiger partial charge is 0.467 e. The van der Waals surface area contributed by atoms with Gasteiger partial charge in [0, 0.05) is 37.8 Å². The van der Waals surface area contributed by atoms with Crippen LogP contribution in [-0.2, 0) is 22.5 Å². The van der Waals surface area contributed by atoms with Crippen molar-refractivity contribution in [3.63, 3.8) is 0 Å². The van der Waals surface area contributed by atoms with E-state index in [-0.39, 0.29) is 29.1 Å². The van der Waals surface area contributed by atoms with Crippen LogP contribution in [0.25, 0.3) is 11.1 Å². The van der Waals surface area contributed by atoms with E-state index in [0.29, 0.717) is 43.6 Å². The number of urea groups is 2. The number of rotatable bonds is 5. The Labute approximate surface area is 216 Å². The van der Waals surface area contributed by atoms with Crippen LogP contribution >= 0.6 is 11.6 Å². The summed E-state index contributed by atoms with van der Waals surface area (Å²) < 4.78 is 9.98. The highest BCUT2D eigenvalue weighted by atomic mass is 35.5. The molecule has 37 heavy (non-hydrogen) atoms. The number of aromatic nitrogens is 1. The van der Waals surface area contributed by atoms with Gasteiger partial charge >= 0.3 is 23.8 Å². The normalized spacial score (nSPS) is 16.8. The lowest BCUT2D eigenvalue weighted by Crippen LogP contribution is -2.54. The molecule has 2 aliphatic heterocycles. The molecule has 0 bridgehead atoms. The smallest absolute Gasteiger partial charge is 0.417 e. The van der Waals surface area contributed by atoms with Gasteiger partial charge in [-0.25, -0.2) is 19.2 Å². The van der Waals surface area contributed by atoms with Crippen LogP contribution in [0.3, 0.4) is 0 Å². The van der Waals surface area contributed by atoms with Gasteiger partial charge in [-0.15, -0.1) is 0 Å². The number of likely N-dealkylation sites (tertiary alicyclic amines) is 1. The van der Waals surface area contributed by atoms with E-state index < -0.39 is 23.8 Å². The highest BCUT2D eigenvalue weighted by Crippen LogP contribution is 2.28. The van der Waals surface area contributed by atoms with Crippen molar-refractivity contribution in [3.05, 3.63) is 63.1 Å². The van der Waals surface area contributed by atoms with Crippen molar-refractivity contribution in [2.24, 2.45) is 0 Å². The number of aromatic amines is 1. The molecule has 194 valence electrons. The molecule has 2 aliphatic rings. The molecule has 1 fully saturated rings. The number of halogens is 1. The van der Waals surface area contributed by atoms with E-state index in [0.717, 1.165) is 11.3 Å². The second-order valence-electron chi connectivity index (χ2n) is 9.13. The first kappa shape index (κ1) is 24.7. The summed E-state index contributed by atoms with van der Waals surface area (Å²) in [6, 6.07) is 9.39. The first-order chi connectivity index (χ1) is 17.8. The maximum absolute atomic E-state index is 13.0. The van der Waals surface area contributed by atoms with Crippen molar-refractivity contribution in [2.75, 3.05) is 25.5 Å². The molecule has 4 amide bonds. The zero-order valence-corrected chi connectivity index (χ0v) is 20.8. The number of H-pyrrole nitrogens is 1. The van der Waals surface area contributed by atoms with Crippen LogP contribution in [-0.4, -0.2) is 65.1 Å². The van der Waals surface area contributed by atoms with Crippen LogP contribution in [0.1, 0.15) is 24.0 Å². The lowest BCUT2D eigenvalue weighted by Gasteiger charge is -2.40. The summed E-state index contributed by atoms with van der Waals surface area (Å²) in [6.45, 7) is 1.39. The van der Waals surface area contributed by atoms with Gasteiger partial charge in [0.25, 0.3) is 0 Å². The quantitative estimate of drug-likeness (QED) is 0.436. The third-order valence-electron chi connectivity index (χ3n) is 6.82. The number of carbonyl (C=O) groups excluding carboxylic acids is 3. The van der Waals surface area contributed by atoms with Gasteiger partial charge in [-0.2, -0.15) is 0 Å². The van der Waals surface area contributed by atoms with E-state index in [2.05, 4.69) is 15.6 Å². The van der Waals surface area contributed by atoms with Crippen molar-refractivity contribution in [1.29, 1.82) is 0 Å². The van der Waals surface area contributed by atoms with E-state index >= 15 is 0 Å². The van der Waals surface area contributed by atoms with Crippen LogP contribution in [0.2, 0.25) is 5.02 Å². The Morgan fingerprint density at radius 1 is 1.22 bits per heavy atom. The van der Waals surface area contributed by atoms with Gasteiger partial charge in [-0.3, -0.25) is 4.98 Å². The van der Waals surface area contributed by atoms with Gasteiger partial charge in [-0.05, 0) is 42.2 Å². The van der Waals surface area contributed by atoms with E-state index in [1.165, 1.54) is 7.11 Å². The molecule has 1 saturated heterocycles. The summed E-state index contributed by atoms with van der Waals surface area (Å²) >= 11 is 6.24. The Bertz CT molecular complexity index is 1410. The maximum atomic E-state index is 13.0. The zero-order chi connectivity index (χ0) is 26.1. The van der Waals surface area contributed by atoms with Crippen molar-refractivity contribution < 1.29 is 23.5 Å². The SMILES string of the molecule is COC(=O)C(Cc1cc(Cl)c2[nH]c(=O)oc2c1)NC(=O)N1CCC(N2Cc3ccccc3NC2=O)CC1. The molecule has 1 atom stereocenters. The van der Waals surface area contributed by atoms with E-state index in [1.54, 1.807) is 17.0 Å². The Kier molecular flexibility index (Phi) is 6.79. The highest BCUT2D eigenvalue weighted by Gasteiger charge is 2.33. The minimum absolute atomic E-state index is 0.00122. The fraction of sp³-hybridized carbons (Fsp3) is 0.360. The molecule has 0 spiro atoms. The first-order valence-corrected chi connectivity index (χ1v) is 12.3. The van der Waals surface area contributed by atoms with Crippen LogP contribution in [0, 0.1) is 0 Å². The average Bonchev–Trinajstić information content (AvgIpc) is 3.28. The summed E-state index contributed by atoms with van der Waals surface area (Å²) in [5.74, 6) is -1.25. The molecule has 12 heteroatoms. The van der Waals surface area contributed by atoms with Crippen LogP contribution in [0.5, 0.6) is 0 Å². The molecule has 11 nitrogen and oxygen atoms in total. The number of ether oxygens (including phenoxy) is 1. The number of fused-ring (bicyclic) bond motifs is 2. The fourth-order valence-corrected chi connectivity index (χ4v) is 5.17. The molecule has 3 aromatic rings. The number of para-hydroxylation sites is 1. The maximum Gasteiger partial charge on any atom is 0.417 e. The lowest BCUT2D eigenvalue weighted by molar-refractivity contribution is -0.142. The number of hydrogen-bond donors (Lipinski definition) is 3. The van der Waals surface area contributed by atoms with Gasteiger partial charge in [0.1, 0.15) is 11.6 Å². The van der Waals surface area contributed by atoms with Crippen molar-refractivity contribution in [3.8, 4) is 0 Å². The predicted molar refractivity (Wildman–Crippen MR) is 135 cm³/mol. The topological polar surface area (TPSA) is 137 Å². The van der Waals surface area contributed by atoms with E-state index in [9.17, 15) is 19.2 Å². The Morgan fingerprint density at radius 2 is 1.97 bits per heavy atom. The number of oxazole rings is 1. The van der Waals surface area contributed by atoms with Gasteiger partial charge in [0.05, 0.1) is 12.1 Å².